The normalized spacial score (nSPS) is 14.5. The number of hydrogen-bond acceptors (Lipinski definition) is 7. The highest BCUT2D eigenvalue weighted by atomic mass is 35.5. The summed E-state index contributed by atoms with van der Waals surface area (Å²) in [4.78, 5) is 33.5. The predicted molar refractivity (Wildman–Crippen MR) is 190 cm³/mol. The Morgan fingerprint density at radius 1 is 0.979 bits per heavy atom. The first kappa shape index (κ1) is 33.0. The van der Waals surface area contributed by atoms with Crippen molar-refractivity contribution in [1.29, 1.82) is 0 Å². The molecule has 0 N–H and O–H groups in total. The average molecular weight is 679 g/mol. The number of hydrogen-bond donors (Lipinski definition) is 0. The molecule has 0 spiro atoms. The largest absolute Gasteiger partial charge is 0.493 e. The van der Waals surface area contributed by atoms with Crippen LogP contribution < -0.4 is 24.4 Å². The van der Waals surface area contributed by atoms with E-state index in [0.717, 1.165) is 27.8 Å². The van der Waals surface area contributed by atoms with Gasteiger partial charge in [-0.1, -0.05) is 116 Å². The fourth-order valence-corrected chi connectivity index (χ4v) is 6.83. The van der Waals surface area contributed by atoms with Crippen LogP contribution in [0.2, 0.25) is 5.02 Å². The molecule has 1 atom stereocenters. The van der Waals surface area contributed by atoms with Crippen LogP contribution in [0.5, 0.6) is 11.5 Å². The molecule has 6 rings (SSSR count). The van der Waals surface area contributed by atoms with Gasteiger partial charge in [-0.15, -0.1) is 0 Å². The lowest BCUT2D eigenvalue weighted by Gasteiger charge is -2.26. The van der Waals surface area contributed by atoms with Gasteiger partial charge in [-0.2, -0.15) is 0 Å². The van der Waals surface area contributed by atoms with Crippen molar-refractivity contribution in [2.45, 2.75) is 39.3 Å². The first-order valence-corrected chi connectivity index (χ1v) is 16.9. The maximum Gasteiger partial charge on any atom is 0.338 e. The molecule has 2 heterocycles. The molecule has 0 aliphatic carbocycles. The van der Waals surface area contributed by atoms with Crippen LogP contribution in [-0.2, 0) is 16.1 Å². The van der Waals surface area contributed by atoms with E-state index in [9.17, 15) is 9.59 Å². The van der Waals surface area contributed by atoms with Crippen molar-refractivity contribution in [3.8, 4) is 11.5 Å². The number of carbonyl (C=O) groups is 1. The molecule has 0 radical (unpaired) electrons. The van der Waals surface area contributed by atoms with Gasteiger partial charge in [0.25, 0.3) is 5.56 Å². The van der Waals surface area contributed by atoms with E-state index in [-0.39, 0.29) is 18.8 Å². The number of esters is 1. The molecule has 0 saturated carbocycles. The Kier molecular flexibility index (Phi) is 9.94. The summed E-state index contributed by atoms with van der Waals surface area (Å²) in [5.74, 6) is 0.880. The minimum atomic E-state index is -0.742. The third-order valence-electron chi connectivity index (χ3n) is 8.12. The van der Waals surface area contributed by atoms with Gasteiger partial charge in [0.15, 0.2) is 16.3 Å². The Labute approximate surface area is 288 Å². The lowest BCUT2D eigenvalue weighted by atomic mass is 9.91. The van der Waals surface area contributed by atoms with Crippen LogP contribution in [0.25, 0.3) is 11.8 Å². The van der Waals surface area contributed by atoms with Crippen LogP contribution in [0.3, 0.4) is 0 Å². The predicted octanol–water partition coefficient (Wildman–Crippen LogP) is 7.30. The Balaban J connectivity index is 1.48. The van der Waals surface area contributed by atoms with E-state index in [1.165, 1.54) is 11.3 Å². The highest BCUT2D eigenvalue weighted by molar-refractivity contribution is 7.07. The molecule has 0 bridgehead atoms. The molecule has 0 unspecified atom stereocenters. The molecule has 7 nitrogen and oxygen atoms in total. The number of methoxy groups -OCH3 is 1. The summed E-state index contributed by atoms with van der Waals surface area (Å²) in [6.07, 6.45) is 1.80. The summed E-state index contributed by atoms with van der Waals surface area (Å²) < 4.78 is 19.3. The highest BCUT2D eigenvalue weighted by Gasteiger charge is 2.35. The number of fused-ring (bicyclic) bond motifs is 1. The molecule has 9 heteroatoms. The van der Waals surface area contributed by atoms with Gasteiger partial charge in [-0.3, -0.25) is 9.36 Å². The van der Waals surface area contributed by atoms with E-state index in [0.29, 0.717) is 43.0 Å². The molecule has 1 aromatic heterocycles. The summed E-state index contributed by atoms with van der Waals surface area (Å²) in [6.45, 7) is 6.49. The van der Waals surface area contributed by atoms with Crippen LogP contribution >= 0.6 is 22.9 Å². The van der Waals surface area contributed by atoms with Gasteiger partial charge >= 0.3 is 5.97 Å². The third-order valence-corrected chi connectivity index (χ3v) is 9.47. The third kappa shape index (κ3) is 6.72. The van der Waals surface area contributed by atoms with E-state index in [4.69, 9.17) is 30.8 Å². The van der Waals surface area contributed by atoms with Gasteiger partial charge in [-0.05, 0) is 53.8 Å². The Hall–Kier alpha value is -4.92. The van der Waals surface area contributed by atoms with E-state index in [1.54, 1.807) is 24.7 Å². The molecule has 0 fully saturated rings. The van der Waals surface area contributed by atoms with Crippen LogP contribution in [0, 0.1) is 0 Å². The van der Waals surface area contributed by atoms with Gasteiger partial charge in [0, 0.05) is 16.1 Å². The number of thiazole rings is 1. The van der Waals surface area contributed by atoms with Crippen molar-refractivity contribution < 1.29 is 19.0 Å². The van der Waals surface area contributed by atoms with Gasteiger partial charge in [-0.25, -0.2) is 9.79 Å². The maximum absolute atomic E-state index is 14.3. The molecule has 4 aromatic carbocycles. The molecule has 0 amide bonds. The number of aromatic nitrogens is 1. The molecular weight excluding hydrogens is 644 g/mol. The lowest BCUT2D eigenvalue weighted by molar-refractivity contribution is -0.138. The molecule has 1 aliphatic rings. The van der Waals surface area contributed by atoms with Crippen molar-refractivity contribution in [1.82, 2.24) is 4.57 Å². The van der Waals surface area contributed by atoms with Crippen LogP contribution in [0.1, 0.15) is 60.5 Å². The standard InChI is InChI=1S/C39H35ClN2O5S/c1-5-46-38(44)34-35(27-11-7-6-8-12-27)41-39-42(36(34)28-18-16-26(17-19-28)24(2)3)37(43)33(48-39)22-25-15-20-31(32(21-25)45-4)47-23-29-13-9-10-14-30(29)40/h6-22,24,36H,5,23H2,1-4H3/b33-22-/t36-/m1/s1. The fraction of sp³-hybridized carbons (Fsp3) is 0.205. The number of rotatable bonds is 10. The highest BCUT2D eigenvalue weighted by Crippen LogP contribution is 2.36. The zero-order valence-corrected chi connectivity index (χ0v) is 28.7. The van der Waals surface area contributed by atoms with Gasteiger partial charge < -0.3 is 14.2 Å². The Morgan fingerprint density at radius 2 is 1.71 bits per heavy atom. The molecule has 5 aromatic rings. The summed E-state index contributed by atoms with van der Waals surface area (Å²) in [5.41, 5.74) is 4.86. The molecule has 1 aliphatic heterocycles. The molecule has 48 heavy (non-hydrogen) atoms. The molecule has 0 saturated heterocycles. The second kappa shape index (κ2) is 14.5. The van der Waals surface area contributed by atoms with E-state index in [1.807, 2.05) is 97.1 Å². The van der Waals surface area contributed by atoms with E-state index in [2.05, 4.69) is 13.8 Å². The lowest BCUT2D eigenvalue weighted by Crippen LogP contribution is -2.40. The minimum Gasteiger partial charge on any atom is -0.493 e. The number of halogens is 1. The van der Waals surface area contributed by atoms with E-state index < -0.39 is 12.0 Å². The summed E-state index contributed by atoms with van der Waals surface area (Å²) in [7, 11) is 1.57. The van der Waals surface area contributed by atoms with Crippen LogP contribution in [0.4, 0.5) is 0 Å². The first-order chi connectivity index (χ1) is 23.3. The van der Waals surface area contributed by atoms with Crippen molar-refractivity contribution >= 4 is 40.7 Å². The van der Waals surface area contributed by atoms with Crippen molar-refractivity contribution in [2.24, 2.45) is 4.99 Å². The van der Waals surface area contributed by atoms with Crippen molar-refractivity contribution in [3.63, 3.8) is 0 Å². The number of nitrogens with zero attached hydrogens (tertiary/aromatic N) is 2. The zero-order valence-electron chi connectivity index (χ0n) is 27.1. The molecular formula is C39H35ClN2O5S. The van der Waals surface area contributed by atoms with E-state index >= 15 is 0 Å². The number of carbonyl (C=O) groups excluding carboxylic acids is 1. The van der Waals surface area contributed by atoms with Crippen molar-refractivity contribution in [3.05, 3.63) is 155 Å². The summed E-state index contributed by atoms with van der Waals surface area (Å²) >= 11 is 7.58. The summed E-state index contributed by atoms with van der Waals surface area (Å²) in [5, 5.41) is 0.624. The Morgan fingerprint density at radius 3 is 2.40 bits per heavy atom. The van der Waals surface area contributed by atoms with Gasteiger partial charge in [0.2, 0.25) is 0 Å². The van der Waals surface area contributed by atoms with Gasteiger partial charge in [0.1, 0.15) is 6.61 Å². The van der Waals surface area contributed by atoms with Crippen LogP contribution in [0.15, 0.2) is 112 Å². The minimum absolute atomic E-state index is 0.188. The van der Waals surface area contributed by atoms with Crippen molar-refractivity contribution in [2.75, 3.05) is 13.7 Å². The fourth-order valence-electron chi connectivity index (χ4n) is 5.63. The topological polar surface area (TPSA) is 79.1 Å². The SMILES string of the molecule is CCOC(=O)C1=C(c2ccccc2)N=c2s/c(=C\c3ccc(OCc4ccccc4Cl)c(OC)c3)c(=O)n2[C@@H]1c1ccc(C(C)C)cc1. The Bertz CT molecular complexity index is 2170. The van der Waals surface area contributed by atoms with Crippen LogP contribution in [-0.4, -0.2) is 24.3 Å². The second-order valence-corrected chi connectivity index (χ2v) is 13.0. The maximum atomic E-state index is 14.3. The first-order valence-electron chi connectivity index (χ1n) is 15.7. The number of benzene rings is 4. The molecule has 244 valence electrons. The average Bonchev–Trinajstić information content (AvgIpc) is 3.41. The smallest absolute Gasteiger partial charge is 0.338 e. The quantitative estimate of drug-likeness (QED) is 0.145. The summed E-state index contributed by atoms with van der Waals surface area (Å²) in [6, 6.07) is 29.8. The zero-order chi connectivity index (χ0) is 33.8. The second-order valence-electron chi connectivity index (χ2n) is 11.5. The number of ether oxygens (including phenoxy) is 3. The van der Waals surface area contributed by atoms with Gasteiger partial charge in [0.05, 0.1) is 35.6 Å². The monoisotopic (exact) mass is 678 g/mol.